The third-order valence-electron chi connectivity index (χ3n) is 3.38. The second-order valence-electron chi connectivity index (χ2n) is 4.81. The van der Waals surface area contributed by atoms with Crippen LogP contribution < -0.4 is 5.73 Å². The Labute approximate surface area is 90.3 Å². The molecule has 14 heavy (non-hydrogen) atoms. The minimum Gasteiger partial charge on any atom is -0.325 e. The van der Waals surface area contributed by atoms with Crippen LogP contribution in [0.1, 0.15) is 32.3 Å². The molecule has 1 nitrogen and oxygen atoms in total. The fraction of sp³-hybridized carbons (Fsp3) is 0.500. The van der Waals surface area contributed by atoms with Gasteiger partial charge in [0.05, 0.1) is 0 Å². The Kier molecular flexibility index (Phi) is 2.13. The van der Waals surface area contributed by atoms with Crippen molar-refractivity contribution in [3.8, 4) is 0 Å². The Balaban J connectivity index is 2.36. The van der Waals surface area contributed by atoms with Crippen molar-refractivity contribution in [2.24, 2.45) is 5.73 Å². The third-order valence-corrected chi connectivity index (χ3v) is 3.63. The molecular weight excluding hydrogens is 194 g/mol. The van der Waals surface area contributed by atoms with Gasteiger partial charge in [-0.2, -0.15) is 0 Å². The van der Waals surface area contributed by atoms with Crippen LogP contribution in [0.3, 0.4) is 0 Å². The lowest BCUT2D eigenvalue weighted by molar-refractivity contribution is 0.391. The summed E-state index contributed by atoms with van der Waals surface area (Å²) in [5, 5.41) is 0.791. The number of halogens is 1. The van der Waals surface area contributed by atoms with Gasteiger partial charge in [-0.15, -0.1) is 0 Å². The molecule has 2 heteroatoms. The van der Waals surface area contributed by atoms with Gasteiger partial charge in [0.2, 0.25) is 0 Å². The summed E-state index contributed by atoms with van der Waals surface area (Å²) in [6.45, 7) is 4.21. The molecule has 0 aromatic heterocycles. The van der Waals surface area contributed by atoms with E-state index in [0.717, 1.165) is 5.02 Å². The number of rotatable bonds is 2. The van der Waals surface area contributed by atoms with Gasteiger partial charge >= 0.3 is 0 Å². The Bertz CT molecular complexity index is 330. The van der Waals surface area contributed by atoms with Crippen LogP contribution in [-0.4, -0.2) is 5.54 Å². The monoisotopic (exact) mass is 209 g/mol. The summed E-state index contributed by atoms with van der Waals surface area (Å²) in [4.78, 5) is 0. The SMILES string of the molecule is CC(C)(N)C1(c2ccc(Cl)cc2)CC1. The van der Waals surface area contributed by atoms with Crippen molar-refractivity contribution in [3.63, 3.8) is 0 Å². The van der Waals surface area contributed by atoms with Crippen LogP contribution in [0.2, 0.25) is 5.02 Å². The third kappa shape index (κ3) is 1.45. The first kappa shape index (κ1) is 10.0. The molecule has 1 aromatic carbocycles. The quantitative estimate of drug-likeness (QED) is 0.796. The Morgan fingerprint density at radius 2 is 1.71 bits per heavy atom. The van der Waals surface area contributed by atoms with E-state index in [-0.39, 0.29) is 11.0 Å². The first-order valence-corrected chi connectivity index (χ1v) is 5.38. The van der Waals surface area contributed by atoms with Crippen molar-refractivity contribution in [2.45, 2.75) is 37.6 Å². The molecule has 0 aliphatic heterocycles. The minimum atomic E-state index is -0.138. The molecule has 0 spiro atoms. The van der Waals surface area contributed by atoms with Gasteiger partial charge in [-0.25, -0.2) is 0 Å². The summed E-state index contributed by atoms with van der Waals surface area (Å²) in [7, 11) is 0. The van der Waals surface area contributed by atoms with Crippen molar-refractivity contribution in [1.29, 1.82) is 0 Å². The maximum Gasteiger partial charge on any atom is 0.0406 e. The minimum absolute atomic E-state index is 0.138. The normalized spacial score (nSPS) is 19.4. The van der Waals surface area contributed by atoms with E-state index in [1.165, 1.54) is 18.4 Å². The number of hydrogen-bond acceptors (Lipinski definition) is 1. The molecule has 0 bridgehead atoms. The highest BCUT2D eigenvalue weighted by atomic mass is 35.5. The molecule has 1 aromatic rings. The second-order valence-corrected chi connectivity index (χ2v) is 5.25. The first-order valence-electron chi connectivity index (χ1n) is 5.01. The van der Waals surface area contributed by atoms with Crippen molar-refractivity contribution in [3.05, 3.63) is 34.9 Å². The summed E-state index contributed by atoms with van der Waals surface area (Å²) >= 11 is 5.87. The molecule has 76 valence electrons. The van der Waals surface area contributed by atoms with Gasteiger partial charge in [-0.05, 0) is 44.4 Å². The highest BCUT2D eigenvalue weighted by Gasteiger charge is 2.53. The van der Waals surface area contributed by atoms with Crippen LogP contribution in [0.25, 0.3) is 0 Å². The Hall–Kier alpha value is -0.530. The molecule has 1 aliphatic carbocycles. The molecule has 1 saturated carbocycles. The average molecular weight is 210 g/mol. The first-order chi connectivity index (χ1) is 6.46. The molecule has 0 saturated heterocycles. The maximum absolute atomic E-state index is 6.21. The van der Waals surface area contributed by atoms with Gasteiger partial charge in [0.15, 0.2) is 0 Å². The van der Waals surface area contributed by atoms with Crippen LogP contribution in [0, 0.1) is 0 Å². The molecule has 1 aliphatic rings. The molecular formula is C12H16ClN. The van der Waals surface area contributed by atoms with E-state index in [0.29, 0.717) is 0 Å². The van der Waals surface area contributed by atoms with Crippen molar-refractivity contribution in [1.82, 2.24) is 0 Å². The van der Waals surface area contributed by atoms with E-state index in [4.69, 9.17) is 17.3 Å². The Morgan fingerprint density at radius 1 is 1.21 bits per heavy atom. The molecule has 0 heterocycles. The van der Waals surface area contributed by atoms with Gasteiger partial charge < -0.3 is 5.73 Å². The summed E-state index contributed by atoms with van der Waals surface area (Å²) < 4.78 is 0. The van der Waals surface area contributed by atoms with Crippen molar-refractivity contribution in [2.75, 3.05) is 0 Å². The van der Waals surface area contributed by atoms with Gasteiger partial charge in [-0.3, -0.25) is 0 Å². The predicted octanol–water partition coefficient (Wildman–Crippen LogP) is 3.11. The standard InChI is InChI=1S/C12H16ClN/c1-11(2,14)12(7-8-12)9-3-5-10(13)6-4-9/h3-6H,7-8,14H2,1-2H3. The molecule has 0 unspecified atom stereocenters. The van der Waals surface area contributed by atoms with Gasteiger partial charge in [0, 0.05) is 16.0 Å². The summed E-state index contributed by atoms with van der Waals surface area (Å²) in [5.74, 6) is 0. The van der Waals surface area contributed by atoms with Crippen LogP contribution in [-0.2, 0) is 5.41 Å². The predicted molar refractivity (Wildman–Crippen MR) is 60.6 cm³/mol. The number of hydrogen-bond donors (Lipinski definition) is 1. The smallest absolute Gasteiger partial charge is 0.0406 e. The van der Waals surface area contributed by atoms with Crippen molar-refractivity contribution < 1.29 is 0 Å². The molecule has 0 radical (unpaired) electrons. The van der Waals surface area contributed by atoms with Gasteiger partial charge in [0.1, 0.15) is 0 Å². The zero-order chi connectivity index (χ0) is 10.4. The van der Waals surface area contributed by atoms with Crippen LogP contribution in [0.15, 0.2) is 24.3 Å². The van der Waals surface area contributed by atoms with E-state index in [2.05, 4.69) is 26.0 Å². The molecule has 0 amide bonds. The number of benzene rings is 1. The van der Waals surface area contributed by atoms with E-state index < -0.39 is 0 Å². The second kappa shape index (κ2) is 2.98. The topological polar surface area (TPSA) is 26.0 Å². The van der Waals surface area contributed by atoms with E-state index in [9.17, 15) is 0 Å². The highest BCUT2D eigenvalue weighted by molar-refractivity contribution is 6.30. The molecule has 2 rings (SSSR count). The maximum atomic E-state index is 6.21. The van der Waals surface area contributed by atoms with E-state index in [1.807, 2.05) is 12.1 Å². The average Bonchev–Trinajstić information content (AvgIpc) is 2.84. The molecule has 0 atom stereocenters. The number of nitrogens with two attached hydrogens (primary N) is 1. The van der Waals surface area contributed by atoms with Crippen LogP contribution in [0.5, 0.6) is 0 Å². The Morgan fingerprint density at radius 3 is 2.07 bits per heavy atom. The van der Waals surface area contributed by atoms with Crippen LogP contribution >= 0.6 is 11.6 Å². The lowest BCUT2D eigenvalue weighted by atomic mass is 9.79. The lowest BCUT2D eigenvalue weighted by Gasteiger charge is -2.31. The van der Waals surface area contributed by atoms with Gasteiger partial charge in [-0.1, -0.05) is 23.7 Å². The molecule has 2 N–H and O–H groups in total. The van der Waals surface area contributed by atoms with E-state index >= 15 is 0 Å². The van der Waals surface area contributed by atoms with Gasteiger partial charge in [0.25, 0.3) is 0 Å². The fourth-order valence-corrected chi connectivity index (χ4v) is 2.32. The fourth-order valence-electron chi connectivity index (χ4n) is 2.20. The highest BCUT2D eigenvalue weighted by Crippen LogP contribution is 2.54. The zero-order valence-corrected chi connectivity index (χ0v) is 9.43. The van der Waals surface area contributed by atoms with Crippen molar-refractivity contribution >= 4 is 11.6 Å². The summed E-state index contributed by atoms with van der Waals surface area (Å²) in [6, 6.07) is 8.10. The van der Waals surface area contributed by atoms with E-state index in [1.54, 1.807) is 0 Å². The summed E-state index contributed by atoms with van der Waals surface area (Å²) in [6.07, 6.45) is 2.39. The largest absolute Gasteiger partial charge is 0.325 e. The summed E-state index contributed by atoms with van der Waals surface area (Å²) in [5.41, 5.74) is 7.59. The van der Waals surface area contributed by atoms with Crippen LogP contribution in [0.4, 0.5) is 0 Å². The zero-order valence-electron chi connectivity index (χ0n) is 8.68. The molecule has 1 fully saturated rings. The lowest BCUT2D eigenvalue weighted by Crippen LogP contribution is -2.45.